The number of hydrogen-bond donors (Lipinski definition) is 1. The summed E-state index contributed by atoms with van der Waals surface area (Å²) in [5.41, 5.74) is 3.23. The molecule has 0 bridgehead atoms. The molecule has 1 atom stereocenters. The summed E-state index contributed by atoms with van der Waals surface area (Å²) in [4.78, 5) is 0. The molecule has 0 aromatic heterocycles. The van der Waals surface area contributed by atoms with E-state index >= 15 is 0 Å². The Kier molecular flexibility index (Phi) is 3.48. The summed E-state index contributed by atoms with van der Waals surface area (Å²) in [6, 6.07) is 16.3. The van der Waals surface area contributed by atoms with E-state index in [0.717, 1.165) is 17.5 Å². The van der Waals surface area contributed by atoms with Gasteiger partial charge in [0.05, 0.1) is 0 Å². The van der Waals surface area contributed by atoms with Crippen molar-refractivity contribution in [2.75, 3.05) is 0 Å². The minimum Gasteiger partial charge on any atom is -0.507 e. The van der Waals surface area contributed by atoms with Gasteiger partial charge in [-0.3, -0.25) is 0 Å². The van der Waals surface area contributed by atoms with Gasteiger partial charge >= 0.3 is 0 Å². The van der Waals surface area contributed by atoms with Crippen LogP contribution in [0, 0.1) is 6.92 Å². The predicted octanol–water partition coefficient (Wildman–Crippen LogP) is 4.24. The van der Waals surface area contributed by atoms with Crippen molar-refractivity contribution in [1.29, 1.82) is 0 Å². The van der Waals surface area contributed by atoms with E-state index in [1.54, 1.807) is 0 Å². The van der Waals surface area contributed by atoms with Crippen LogP contribution in [0.4, 0.5) is 0 Å². The van der Waals surface area contributed by atoms with Gasteiger partial charge < -0.3 is 5.11 Å². The topological polar surface area (TPSA) is 20.2 Å². The van der Waals surface area contributed by atoms with Crippen molar-refractivity contribution in [1.82, 2.24) is 0 Å². The molecule has 2 aromatic carbocycles. The van der Waals surface area contributed by atoms with Gasteiger partial charge in [-0.25, -0.2) is 0 Å². The second kappa shape index (κ2) is 5.05. The third kappa shape index (κ3) is 2.33. The van der Waals surface area contributed by atoms with Gasteiger partial charge in [0.2, 0.25) is 0 Å². The fourth-order valence-corrected chi connectivity index (χ4v) is 2.28. The number of para-hydroxylation sites is 1. The third-order valence-electron chi connectivity index (χ3n) is 3.25. The first-order valence-corrected chi connectivity index (χ1v) is 6.07. The lowest BCUT2D eigenvalue weighted by molar-refractivity contribution is 0.459. The van der Waals surface area contributed by atoms with Crippen LogP contribution < -0.4 is 0 Å². The van der Waals surface area contributed by atoms with Crippen molar-refractivity contribution in [2.24, 2.45) is 0 Å². The van der Waals surface area contributed by atoms with Crippen molar-refractivity contribution < 1.29 is 5.11 Å². The lowest BCUT2D eigenvalue weighted by Gasteiger charge is -2.18. The molecule has 1 unspecified atom stereocenters. The Hall–Kier alpha value is -1.76. The van der Waals surface area contributed by atoms with Crippen molar-refractivity contribution >= 4 is 0 Å². The van der Waals surface area contributed by atoms with Gasteiger partial charge in [0, 0.05) is 11.5 Å². The van der Waals surface area contributed by atoms with E-state index in [1.165, 1.54) is 5.56 Å². The lowest BCUT2D eigenvalue weighted by atomic mass is 9.88. The maximum absolute atomic E-state index is 10.2. The van der Waals surface area contributed by atoms with Crippen molar-refractivity contribution in [3.05, 3.63) is 65.2 Å². The van der Waals surface area contributed by atoms with Crippen LogP contribution in [0.1, 0.15) is 36.0 Å². The average molecular weight is 226 g/mol. The first kappa shape index (κ1) is 11.7. The zero-order valence-corrected chi connectivity index (χ0v) is 10.4. The quantitative estimate of drug-likeness (QED) is 0.829. The molecule has 2 rings (SSSR count). The van der Waals surface area contributed by atoms with Crippen molar-refractivity contribution in [2.45, 2.75) is 26.2 Å². The molecule has 0 spiro atoms. The van der Waals surface area contributed by atoms with Crippen LogP contribution >= 0.6 is 0 Å². The van der Waals surface area contributed by atoms with Crippen LogP contribution in [0.3, 0.4) is 0 Å². The van der Waals surface area contributed by atoms with Gasteiger partial charge in [0.25, 0.3) is 0 Å². The number of aryl methyl sites for hydroxylation is 1. The van der Waals surface area contributed by atoms with Gasteiger partial charge in [0.1, 0.15) is 5.75 Å². The second-order valence-electron chi connectivity index (χ2n) is 4.38. The molecular formula is C16H18O. The third-order valence-corrected chi connectivity index (χ3v) is 3.25. The monoisotopic (exact) mass is 226 g/mol. The molecule has 0 aliphatic rings. The minimum absolute atomic E-state index is 0.274. The molecule has 0 fully saturated rings. The summed E-state index contributed by atoms with van der Waals surface area (Å²) in [5, 5.41) is 10.2. The molecule has 0 saturated heterocycles. The Balaban J connectivity index is 2.46. The molecule has 88 valence electrons. The normalized spacial score (nSPS) is 12.4. The van der Waals surface area contributed by atoms with Crippen LogP contribution in [0.5, 0.6) is 5.75 Å². The number of aromatic hydroxyl groups is 1. The van der Waals surface area contributed by atoms with Gasteiger partial charge in [-0.15, -0.1) is 0 Å². The van der Waals surface area contributed by atoms with Crippen LogP contribution in [0.15, 0.2) is 48.5 Å². The van der Waals surface area contributed by atoms with E-state index in [0.29, 0.717) is 5.75 Å². The number of phenols is 1. The van der Waals surface area contributed by atoms with Crippen molar-refractivity contribution in [3.63, 3.8) is 0 Å². The number of rotatable bonds is 3. The molecule has 2 aromatic rings. The second-order valence-corrected chi connectivity index (χ2v) is 4.38. The Bertz CT molecular complexity index is 488. The largest absolute Gasteiger partial charge is 0.507 e. The molecule has 17 heavy (non-hydrogen) atoms. The number of benzene rings is 2. The Morgan fingerprint density at radius 1 is 1.00 bits per heavy atom. The van der Waals surface area contributed by atoms with E-state index in [2.05, 4.69) is 19.1 Å². The van der Waals surface area contributed by atoms with Crippen LogP contribution in [-0.4, -0.2) is 5.11 Å². The smallest absolute Gasteiger partial charge is 0.122 e. The van der Waals surface area contributed by atoms with E-state index in [1.807, 2.05) is 43.3 Å². The molecule has 0 saturated carbocycles. The Morgan fingerprint density at radius 3 is 2.35 bits per heavy atom. The molecule has 0 radical (unpaired) electrons. The van der Waals surface area contributed by atoms with E-state index in [4.69, 9.17) is 0 Å². The summed E-state index contributed by atoms with van der Waals surface area (Å²) in [6.45, 7) is 4.09. The standard InChI is InChI=1S/C16H18O/c1-3-14(13-9-5-4-6-10-13)15-11-7-8-12(2)16(15)17/h4-11,14,17H,3H2,1-2H3. The maximum atomic E-state index is 10.2. The summed E-state index contributed by atoms with van der Waals surface area (Å²) in [5.74, 6) is 0.708. The number of hydrogen-bond acceptors (Lipinski definition) is 1. The highest BCUT2D eigenvalue weighted by Gasteiger charge is 2.16. The van der Waals surface area contributed by atoms with Crippen LogP contribution in [0.2, 0.25) is 0 Å². The highest BCUT2D eigenvalue weighted by atomic mass is 16.3. The molecular weight excluding hydrogens is 208 g/mol. The number of phenolic OH excluding ortho intramolecular Hbond substituents is 1. The fraction of sp³-hybridized carbons (Fsp3) is 0.250. The zero-order valence-electron chi connectivity index (χ0n) is 10.4. The summed E-state index contributed by atoms with van der Waals surface area (Å²) < 4.78 is 0. The molecule has 0 aliphatic heterocycles. The van der Waals surface area contributed by atoms with E-state index < -0.39 is 0 Å². The molecule has 0 heterocycles. The minimum atomic E-state index is 0.274. The summed E-state index contributed by atoms with van der Waals surface area (Å²) in [6.07, 6.45) is 0.987. The predicted molar refractivity (Wildman–Crippen MR) is 71.4 cm³/mol. The maximum Gasteiger partial charge on any atom is 0.122 e. The average Bonchev–Trinajstić information content (AvgIpc) is 2.37. The first-order valence-electron chi connectivity index (χ1n) is 6.07. The van der Waals surface area contributed by atoms with Crippen LogP contribution in [-0.2, 0) is 0 Å². The highest BCUT2D eigenvalue weighted by Crippen LogP contribution is 2.35. The van der Waals surface area contributed by atoms with Crippen molar-refractivity contribution in [3.8, 4) is 5.75 Å². The summed E-state index contributed by atoms with van der Waals surface area (Å²) >= 11 is 0. The lowest BCUT2D eigenvalue weighted by Crippen LogP contribution is -2.00. The summed E-state index contributed by atoms with van der Waals surface area (Å²) in [7, 11) is 0. The SMILES string of the molecule is CCC(c1ccccc1)c1cccc(C)c1O. The highest BCUT2D eigenvalue weighted by molar-refractivity contribution is 5.45. The molecule has 1 heteroatoms. The molecule has 1 N–H and O–H groups in total. The first-order chi connectivity index (χ1) is 8.24. The van der Waals surface area contributed by atoms with Gasteiger partial charge in [-0.1, -0.05) is 55.5 Å². The zero-order chi connectivity index (χ0) is 12.3. The Labute approximate surface area is 103 Å². The van der Waals surface area contributed by atoms with Gasteiger partial charge in [-0.05, 0) is 24.5 Å². The molecule has 1 nitrogen and oxygen atoms in total. The van der Waals surface area contributed by atoms with Crippen LogP contribution in [0.25, 0.3) is 0 Å². The fourth-order valence-electron chi connectivity index (χ4n) is 2.28. The van der Waals surface area contributed by atoms with E-state index in [9.17, 15) is 5.11 Å². The Morgan fingerprint density at radius 2 is 1.71 bits per heavy atom. The molecule has 0 amide bonds. The molecule has 0 aliphatic carbocycles. The van der Waals surface area contributed by atoms with Gasteiger partial charge in [-0.2, -0.15) is 0 Å². The van der Waals surface area contributed by atoms with E-state index in [-0.39, 0.29) is 5.92 Å². The van der Waals surface area contributed by atoms with Gasteiger partial charge in [0.15, 0.2) is 0 Å².